The second-order valence-corrected chi connectivity index (χ2v) is 10.5. The predicted octanol–water partition coefficient (Wildman–Crippen LogP) is 4.54. The van der Waals surface area contributed by atoms with Gasteiger partial charge in [-0.15, -0.1) is 0 Å². The van der Waals surface area contributed by atoms with Crippen LogP contribution in [0.2, 0.25) is 0 Å². The lowest BCUT2D eigenvalue weighted by Gasteiger charge is -2.37. The Morgan fingerprint density at radius 1 is 1.02 bits per heavy atom. The summed E-state index contributed by atoms with van der Waals surface area (Å²) >= 11 is 6.33. The van der Waals surface area contributed by atoms with Gasteiger partial charge in [-0.3, -0.25) is 9.69 Å². The Bertz CT molecular complexity index is 1370. The number of halogens is 2. The summed E-state index contributed by atoms with van der Waals surface area (Å²) in [5.41, 5.74) is 3.01. The summed E-state index contributed by atoms with van der Waals surface area (Å²) in [6.07, 6.45) is 6.12. The number of fused-ring (bicyclic) bond motifs is 2. The van der Waals surface area contributed by atoms with Gasteiger partial charge in [-0.2, -0.15) is 0 Å². The quantitative estimate of drug-likeness (QED) is 0.573. The van der Waals surface area contributed by atoms with Crippen molar-refractivity contribution in [2.24, 2.45) is 5.92 Å². The van der Waals surface area contributed by atoms with Crippen LogP contribution in [-0.2, 0) is 9.53 Å². The molecule has 6 rings (SSSR count). The number of allylic oxidation sites excluding steroid dienone is 2. The molecule has 2 aromatic carbocycles. The minimum absolute atomic E-state index is 0.0527. The van der Waals surface area contributed by atoms with Gasteiger partial charge in [-0.05, 0) is 60.0 Å². The van der Waals surface area contributed by atoms with Crippen LogP contribution < -0.4 is 14.8 Å². The second-order valence-electron chi connectivity index (χ2n) is 10.1. The number of carbonyl (C=O) groups is 2. The molecule has 3 aliphatic heterocycles. The van der Waals surface area contributed by atoms with E-state index in [-0.39, 0.29) is 30.2 Å². The van der Waals surface area contributed by atoms with Gasteiger partial charge in [-0.1, -0.05) is 35.9 Å². The summed E-state index contributed by atoms with van der Waals surface area (Å²) < 4.78 is 30.1. The molecule has 0 spiro atoms. The fraction of sp³-hybridized carbons (Fsp3) is 0.333. The lowest BCUT2D eigenvalue weighted by atomic mass is 9.85. The maximum Gasteiger partial charge on any atom is 0.416 e. The highest BCUT2D eigenvalue weighted by Gasteiger charge is 2.43. The van der Waals surface area contributed by atoms with E-state index in [1.165, 1.54) is 29.8 Å². The van der Waals surface area contributed by atoms with E-state index in [1.54, 1.807) is 21.9 Å². The van der Waals surface area contributed by atoms with Crippen LogP contribution in [0, 0.1) is 11.7 Å². The van der Waals surface area contributed by atoms with Crippen molar-refractivity contribution in [3.05, 3.63) is 94.4 Å². The molecular formula is C30H29ClFN3O5. The molecule has 3 atom stereocenters. The summed E-state index contributed by atoms with van der Waals surface area (Å²) in [4.78, 5) is 29.3. The van der Waals surface area contributed by atoms with Crippen LogP contribution in [0.4, 0.5) is 9.18 Å². The van der Waals surface area contributed by atoms with Crippen LogP contribution in [0.1, 0.15) is 18.0 Å². The number of benzene rings is 2. The molecule has 3 heterocycles. The molecule has 0 radical (unpaired) electrons. The second kappa shape index (κ2) is 11.3. The van der Waals surface area contributed by atoms with Crippen molar-refractivity contribution in [3.63, 3.8) is 0 Å². The number of hydrogen-bond donors (Lipinski definition) is 1. The smallest absolute Gasteiger partial charge is 0.416 e. The van der Waals surface area contributed by atoms with Crippen LogP contribution in [0.15, 0.2) is 83.1 Å². The van der Waals surface area contributed by atoms with Crippen molar-refractivity contribution < 1.29 is 28.2 Å². The normalized spacial score (nSPS) is 23.6. The van der Waals surface area contributed by atoms with Gasteiger partial charge in [0.1, 0.15) is 23.4 Å². The number of amides is 2. The molecule has 2 aromatic rings. The highest BCUT2D eigenvalue weighted by Crippen LogP contribution is 2.45. The van der Waals surface area contributed by atoms with Crippen LogP contribution in [0.3, 0.4) is 0 Å². The lowest BCUT2D eigenvalue weighted by Crippen LogP contribution is -2.43. The Morgan fingerprint density at radius 2 is 1.75 bits per heavy atom. The van der Waals surface area contributed by atoms with Crippen LogP contribution >= 0.6 is 11.6 Å². The third-order valence-electron chi connectivity index (χ3n) is 7.64. The first kappa shape index (κ1) is 26.4. The van der Waals surface area contributed by atoms with Crippen molar-refractivity contribution in [3.8, 4) is 11.5 Å². The van der Waals surface area contributed by atoms with E-state index in [1.807, 2.05) is 30.4 Å². The molecule has 1 fully saturated rings. The summed E-state index contributed by atoms with van der Waals surface area (Å²) in [6, 6.07) is 12.4. The minimum atomic E-state index is -0.527. The van der Waals surface area contributed by atoms with Gasteiger partial charge in [0.25, 0.3) is 5.91 Å². The third-order valence-corrected chi connectivity index (χ3v) is 7.89. The first-order valence-corrected chi connectivity index (χ1v) is 13.7. The molecule has 40 heavy (non-hydrogen) atoms. The molecular weight excluding hydrogens is 537 g/mol. The molecule has 0 aromatic heterocycles. The molecule has 10 heteroatoms. The molecule has 1 saturated heterocycles. The van der Waals surface area contributed by atoms with E-state index in [4.69, 9.17) is 25.8 Å². The fourth-order valence-electron chi connectivity index (χ4n) is 5.64. The molecule has 4 aliphatic rings. The van der Waals surface area contributed by atoms with E-state index < -0.39 is 18.0 Å². The Labute approximate surface area is 236 Å². The van der Waals surface area contributed by atoms with Crippen LogP contribution in [-0.4, -0.2) is 67.3 Å². The number of morpholine rings is 1. The molecule has 1 aliphatic carbocycles. The first-order valence-electron chi connectivity index (χ1n) is 13.3. The zero-order valence-corrected chi connectivity index (χ0v) is 22.5. The zero-order valence-electron chi connectivity index (χ0n) is 21.7. The average Bonchev–Trinajstić information content (AvgIpc) is 3.35. The first-order chi connectivity index (χ1) is 19.5. The van der Waals surface area contributed by atoms with Crippen molar-refractivity contribution in [1.29, 1.82) is 0 Å². The summed E-state index contributed by atoms with van der Waals surface area (Å²) in [7, 11) is 0. The lowest BCUT2D eigenvalue weighted by molar-refractivity contribution is -0.137. The number of rotatable bonds is 5. The van der Waals surface area contributed by atoms with Gasteiger partial charge < -0.3 is 24.4 Å². The largest absolute Gasteiger partial charge is 0.484 e. The summed E-state index contributed by atoms with van der Waals surface area (Å²) in [5.74, 6) is 0.448. The van der Waals surface area contributed by atoms with Crippen molar-refractivity contribution in [2.45, 2.75) is 18.5 Å². The van der Waals surface area contributed by atoms with Gasteiger partial charge in [0.15, 0.2) is 6.61 Å². The van der Waals surface area contributed by atoms with Gasteiger partial charge in [-0.25, -0.2) is 9.18 Å². The maximum absolute atomic E-state index is 13.4. The maximum atomic E-state index is 13.4. The van der Waals surface area contributed by atoms with Crippen LogP contribution in [0.25, 0.3) is 0 Å². The van der Waals surface area contributed by atoms with Gasteiger partial charge in [0.2, 0.25) is 0 Å². The number of nitrogens with zero attached hydrogens (tertiary/aromatic N) is 2. The van der Waals surface area contributed by atoms with Crippen LogP contribution in [0.5, 0.6) is 11.5 Å². The van der Waals surface area contributed by atoms with E-state index in [9.17, 15) is 14.0 Å². The van der Waals surface area contributed by atoms with E-state index in [2.05, 4.69) is 5.32 Å². The number of nitrogens with one attached hydrogen (secondary N) is 1. The molecule has 208 valence electrons. The van der Waals surface area contributed by atoms with Gasteiger partial charge >= 0.3 is 6.09 Å². The molecule has 0 saturated carbocycles. The monoisotopic (exact) mass is 565 g/mol. The SMILES string of the molecule is O=C(COc1ccc(C2C3=C(CCN2C(=O)Oc2ccc(F)cc2)C2C=C(Cl)C=CC2N3)cc1)N1CCOCC1. The summed E-state index contributed by atoms with van der Waals surface area (Å²) in [6.45, 7) is 2.58. The Kier molecular flexibility index (Phi) is 7.49. The Hall–Kier alpha value is -3.82. The molecule has 8 nitrogen and oxygen atoms in total. The molecule has 1 N–H and O–H groups in total. The highest BCUT2D eigenvalue weighted by atomic mass is 35.5. The van der Waals surface area contributed by atoms with E-state index >= 15 is 0 Å². The standard InChI is InChI=1S/C30H29ClFN3O5/c31-20-3-10-26-25(17-20)24-11-12-35(30(37)40-23-8-4-21(32)5-9-23)29(28(24)33-26)19-1-6-22(7-2-19)39-18-27(36)34-13-15-38-16-14-34/h1-10,17,25-26,29,33H,11-16,18H2. The minimum Gasteiger partial charge on any atom is -0.484 e. The van der Waals surface area contributed by atoms with Crippen molar-refractivity contribution in [2.75, 3.05) is 39.5 Å². The topological polar surface area (TPSA) is 80.3 Å². The fourth-order valence-corrected chi connectivity index (χ4v) is 5.84. The van der Waals surface area contributed by atoms with E-state index in [0.29, 0.717) is 50.1 Å². The van der Waals surface area contributed by atoms with Crippen molar-refractivity contribution >= 4 is 23.6 Å². The molecule has 3 unspecified atom stereocenters. The molecule has 2 amide bonds. The Morgan fingerprint density at radius 3 is 2.50 bits per heavy atom. The highest BCUT2D eigenvalue weighted by molar-refractivity contribution is 6.31. The number of carbonyl (C=O) groups excluding carboxylic acids is 2. The van der Waals surface area contributed by atoms with E-state index in [0.717, 1.165) is 11.3 Å². The Balaban J connectivity index is 1.24. The average molecular weight is 566 g/mol. The van der Waals surface area contributed by atoms with Gasteiger partial charge in [0, 0.05) is 36.3 Å². The number of ether oxygens (including phenoxy) is 3. The molecule has 0 bridgehead atoms. The zero-order chi connectivity index (χ0) is 27.6. The number of hydrogen-bond acceptors (Lipinski definition) is 6. The van der Waals surface area contributed by atoms with Gasteiger partial charge in [0.05, 0.1) is 19.3 Å². The van der Waals surface area contributed by atoms with Crippen molar-refractivity contribution in [1.82, 2.24) is 15.1 Å². The predicted molar refractivity (Wildman–Crippen MR) is 146 cm³/mol. The third kappa shape index (κ3) is 5.44. The summed E-state index contributed by atoms with van der Waals surface area (Å²) in [5, 5.41) is 4.30.